The average Bonchev–Trinajstić information content (AvgIpc) is 2.69. The van der Waals surface area contributed by atoms with Crippen molar-refractivity contribution in [2.75, 3.05) is 32.4 Å². The Hall–Kier alpha value is -1.34. The maximum absolute atomic E-state index is 12.1. The molecule has 7 heteroatoms. The van der Waals surface area contributed by atoms with E-state index in [1.165, 1.54) is 10.6 Å². The maximum atomic E-state index is 12.1. The Bertz CT molecular complexity index is 524. The van der Waals surface area contributed by atoms with Crippen molar-refractivity contribution in [2.24, 2.45) is 0 Å². The fourth-order valence-electron chi connectivity index (χ4n) is 2.23. The maximum Gasteiger partial charge on any atom is 0.227 e. The zero-order chi connectivity index (χ0) is 13.9. The Morgan fingerprint density at radius 2 is 2.11 bits per heavy atom. The largest absolute Gasteiger partial charge is 0.367 e. The SMILES string of the molecule is CS(=O)(=O)N1CCCN(C(=O)Cc2cc[nH]c2)CC1. The van der Waals surface area contributed by atoms with Crippen LogP contribution in [0, 0.1) is 0 Å². The molecule has 2 rings (SSSR count). The lowest BCUT2D eigenvalue weighted by molar-refractivity contribution is -0.130. The summed E-state index contributed by atoms with van der Waals surface area (Å²) < 4.78 is 24.4. The molecule has 0 aliphatic carbocycles. The second-order valence-electron chi connectivity index (χ2n) is 4.79. The van der Waals surface area contributed by atoms with Gasteiger partial charge >= 0.3 is 0 Å². The summed E-state index contributed by atoms with van der Waals surface area (Å²) in [6.07, 6.45) is 5.85. The van der Waals surface area contributed by atoms with Crippen LogP contribution in [0.3, 0.4) is 0 Å². The van der Waals surface area contributed by atoms with Gasteiger partial charge in [-0.05, 0) is 18.1 Å². The molecule has 1 N–H and O–H groups in total. The number of hydrogen-bond donors (Lipinski definition) is 1. The van der Waals surface area contributed by atoms with E-state index in [1.54, 1.807) is 17.3 Å². The first-order chi connectivity index (χ1) is 8.97. The molecular formula is C12H19N3O3S. The molecule has 1 fully saturated rings. The first kappa shape index (κ1) is 14.1. The number of nitrogens with zero attached hydrogens (tertiary/aromatic N) is 2. The van der Waals surface area contributed by atoms with E-state index in [0.717, 1.165) is 5.56 Å². The molecule has 0 radical (unpaired) electrons. The highest BCUT2D eigenvalue weighted by Crippen LogP contribution is 2.09. The van der Waals surface area contributed by atoms with Crippen molar-refractivity contribution in [3.05, 3.63) is 24.0 Å². The van der Waals surface area contributed by atoms with Crippen molar-refractivity contribution < 1.29 is 13.2 Å². The van der Waals surface area contributed by atoms with Gasteiger partial charge in [0.25, 0.3) is 0 Å². The number of amides is 1. The first-order valence-corrected chi connectivity index (χ1v) is 8.16. The molecule has 1 aromatic rings. The summed E-state index contributed by atoms with van der Waals surface area (Å²) in [4.78, 5) is 16.8. The van der Waals surface area contributed by atoms with Crippen LogP contribution >= 0.6 is 0 Å². The number of aromatic amines is 1. The van der Waals surface area contributed by atoms with Crippen LogP contribution in [0.5, 0.6) is 0 Å². The number of hydrogen-bond acceptors (Lipinski definition) is 3. The summed E-state index contributed by atoms with van der Waals surface area (Å²) in [5.74, 6) is 0.0509. The third-order valence-electron chi connectivity index (χ3n) is 3.29. The lowest BCUT2D eigenvalue weighted by Crippen LogP contribution is -2.37. The smallest absolute Gasteiger partial charge is 0.227 e. The molecule has 0 aromatic carbocycles. The Labute approximate surface area is 113 Å². The standard InChI is InChI=1S/C12H19N3O3S/c1-19(17,18)15-6-2-5-14(7-8-15)12(16)9-11-3-4-13-10-11/h3-4,10,13H,2,5-9H2,1H3. The molecule has 0 atom stereocenters. The van der Waals surface area contributed by atoms with Gasteiger partial charge in [0.05, 0.1) is 12.7 Å². The van der Waals surface area contributed by atoms with Crippen LogP contribution in [0.1, 0.15) is 12.0 Å². The van der Waals surface area contributed by atoms with Gasteiger partial charge < -0.3 is 9.88 Å². The van der Waals surface area contributed by atoms with E-state index >= 15 is 0 Å². The van der Waals surface area contributed by atoms with Crippen molar-refractivity contribution in [2.45, 2.75) is 12.8 Å². The highest BCUT2D eigenvalue weighted by Gasteiger charge is 2.23. The number of H-pyrrole nitrogens is 1. The minimum absolute atomic E-state index is 0.0509. The number of sulfonamides is 1. The quantitative estimate of drug-likeness (QED) is 0.853. The normalized spacial score (nSPS) is 18.3. The Morgan fingerprint density at radius 1 is 1.32 bits per heavy atom. The summed E-state index contributed by atoms with van der Waals surface area (Å²) in [6, 6.07) is 1.87. The van der Waals surface area contributed by atoms with Crippen molar-refractivity contribution in [1.29, 1.82) is 0 Å². The Balaban J connectivity index is 1.94. The van der Waals surface area contributed by atoms with Gasteiger partial charge in [-0.3, -0.25) is 4.79 Å². The van der Waals surface area contributed by atoms with Gasteiger partial charge in [0.1, 0.15) is 0 Å². The summed E-state index contributed by atoms with van der Waals surface area (Å²) >= 11 is 0. The van der Waals surface area contributed by atoms with Gasteiger partial charge in [-0.2, -0.15) is 0 Å². The lowest BCUT2D eigenvalue weighted by atomic mass is 10.2. The topological polar surface area (TPSA) is 73.5 Å². The van der Waals surface area contributed by atoms with Gasteiger partial charge in [-0.15, -0.1) is 0 Å². The molecule has 6 nitrogen and oxygen atoms in total. The van der Waals surface area contributed by atoms with Crippen molar-refractivity contribution in [3.8, 4) is 0 Å². The van der Waals surface area contributed by atoms with Crippen LogP contribution < -0.4 is 0 Å². The number of rotatable bonds is 3. The average molecular weight is 285 g/mol. The zero-order valence-electron chi connectivity index (χ0n) is 11.0. The number of nitrogens with one attached hydrogen (secondary N) is 1. The molecule has 0 spiro atoms. The molecular weight excluding hydrogens is 266 g/mol. The monoisotopic (exact) mass is 285 g/mol. The summed E-state index contributed by atoms with van der Waals surface area (Å²) in [7, 11) is -3.16. The highest BCUT2D eigenvalue weighted by molar-refractivity contribution is 7.88. The van der Waals surface area contributed by atoms with Crippen LogP contribution in [-0.4, -0.2) is 60.9 Å². The molecule has 1 aliphatic heterocycles. The minimum atomic E-state index is -3.16. The first-order valence-electron chi connectivity index (χ1n) is 6.31. The van der Waals surface area contributed by atoms with Gasteiger partial charge in [-0.25, -0.2) is 12.7 Å². The molecule has 1 amide bonds. The van der Waals surface area contributed by atoms with Crippen LogP contribution in [0.25, 0.3) is 0 Å². The lowest BCUT2D eigenvalue weighted by Gasteiger charge is -2.20. The van der Waals surface area contributed by atoms with Gasteiger partial charge in [-0.1, -0.05) is 0 Å². The van der Waals surface area contributed by atoms with E-state index in [4.69, 9.17) is 0 Å². The Kier molecular flexibility index (Phi) is 4.26. The number of carbonyl (C=O) groups excluding carboxylic acids is 1. The summed E-state index contributed by atoms with van der Waals surface area (Å²) in [5.41, 5.74) is 0.953. The van der Waals surface area contributed by atoms with Crippen molar-refractivity contribution in [3.63, 3.8) is 0 Å². The Morgan fingerprint density at radius 3 is 2.74 bits per heavy atom. The van der Waals surface area contributed by atoms with E-state index in [0.29, 0.717) is 39.0 Å². The van der Waals surface area contributed by atoms with Crippen LogP contribution in [-0.2, 0) is 21.2 Å². The second kappa shape index (κ2) is 5.75. The van der Waals surface area contributed by atoms with Crippen LogP contribution in [0.4, 0.5) is 0 Å². The van der Waals surface area contributed by atoms with E-state index in [-0.39, 0.29) is 5.91 Å². The number of aromatic nitrogens is 1. The highest BCUT2D eigenvalue weighted by atomic mass is 32.2. The van der Waals surface area contributed by atoms with Crippen molar-refractivity contribution in [1.82, 2.24) is 14.2 Å². The van der Waals surface area contributed by atoms with Crippen molar-refractivity contribution >= 4 is 15.9 Å². The third kappa shape index (κ3) is 3.81. The molecule has 19 heavy (non-hydrogen) atoms. The van der Waals surface area contributed by atoms with Gasteiger partial charge in [0.15, 0.2) is 0 Å². The van der Waals surface area contributed by atoms with Crippen LogP contribution in [0.2, 0.25) is 0 Å². The van der Waals surface area contributed by atoms with Gasteiger partial charge in [0, 0.05) is 38.6 Å². The van der Waals surface area contributed by atoms with E-state index in [9.17, 15) is 13.2 Å². The molecule has 0 unspecified atom stereocenters. The van der Waals surface area contributed by atoms with E-state index < -0.39 is 10.0 Å². The number of carbonyl (C=O) groups is 1. The van der Waals surface area contributed by atoms with Gasteiger partial charge in [0.2, 0.25) is 15.9 Å². The minimum Gasteiger partial charge on any atom is -0.367 e. The zero-order valence-corrected chi connectivity index (χ0v) is 11.8. The molecule has 1 aliphatic rings. The van der Waals surface area contributed by atoms with Crippen LogP contribution in [0.15, 0.2) is 18.5 Å². The predicted octanol–water partition coefficient (Wildman–Crippen LogP) is 0.0511. The molecule has 0 saturated carbocycles. The van der Waals surface area contributed by atoms with E-state index in [1.807, 2.05) is 6.07 Å². The summed E-state index contributed by atoms with van der Waals surface area (Å²) in [6.45, 7) is 1.97. The fraction of sp³-hybridized carbons (Fsp3) is 0.583. The van der Waals surface area contributed by atoms with E-state index in [2.05, 4.69) is 4.98 Å². The molecule has 0 bridgehead atoms. The molecule has 106 valence electrons. The second-order valence-corrected chi connectivity index (χ2v) is 6.77. The third-order valence-corrected chi connectivity index (χ3v) is 4.60. The predicted molar refractivity (Wildman–Crippen MR) is 72.1 cm³/mol. The summed E-state index contributed by atoms with van der Waals surface area (Å²) in [5, 5.41) is 0. The molecule has 1 aromatic heterocycles. The molecule has 1 saturated heterocycles. The molecule has 2 heterocycles. The fourth-order valence-corrected chi connectivity index (χ4v) is 3.10.